The predicted octanol–water partition coefficient (Wildman–Crippen LogP) is 3.43. The van der Waals surface area contributed by atoms with Gasteiger partial charge in [0.2, 0.25) is 0 Å². The molecule has 0 aliphatic heterocycles. The fourth-order valence-electron chi connectivity index (χ4n) is 1.83. The van der Waals surface area contributed by atoms with E-state index in [4.69, 9.17) is 11.0 Å². The quantitative estimate of drug-likeness (QED) is 0.924. The van der Waals surface area contributed by atoms with Crippen molar-refractivity contribution in [2.24, 2.45) is 0 Å². The lowest BCUT2D eigenvalue weighted by Gasteiger charge is -2.07. The molecule has 0 bridgehead atoms. The first-order chi connectivity index (χ1) is 8.04. The topological polar surface area (TPSA) is 54.7 Å². The number of hydrogen-bond acceptors (Lipinski definition) is 3. The third-order valence-electron chi connectivity index (χ3n) is 2.92. The smallest absolute Gasteiger partial charge is 0.122 e. The Labute approximate surface area is 113 Å². The fourth-order valence-corrected chi connectivity index (χ4v) is 3.30. The zero-order valence-corrected chi connectivity index (χ0v) is 12.0. The second-order valence-electron chi connectivity index (χ2n) is 3.87. The van der Waals surface area contributed by atoms with E-state index in [1.54, 1.807) is 11.3 Å². The minimum atomic E-state index is 0.562. The van der Waals surface area contributed by atoms with Crippen LogP contribution in [0.15, 0.2) is 15.9 Å². The van der Waals surface area contributed by atoms with Crippen molar-refractivity contribution >= 4 is 33.1 Å². The van der Waals surface area contributed by atoms with Gasteiger partial charge in [-0.1, -0.05) is 0 Å². The lowest BCUT2D eigenvalue weighted by atomic mass is 10.2. The fraction of sp³-hybridized carbons (Fsp3) is 0.250. The number of aromatic nitrogens is 1. The van der Waals surface area contributed by atoms with Crippen LogP contribution in [0.5, 0.6) is 0 Å². The molecule has 0 atom stereocenters. The normalized spacial score (nSPS) is 10.5. The lowest BCUT2D eigenvalue weighted by Crippen LogP contribution is -2.05. The van der Waals surface area contributed by atoms with Gasteiger partial charge in [0.15, 0.2) is 0 Å². The van der Waals surface area contributed by atoms with Gasteiger partial charge in [-0.25, -0.2) is 0 Å². The van der Waals surface area contributed by atoms with Gasteiger partial charge in [-0.05, 0) is 47.5 Å². The van der Waals surface area contributed by atoms with Gasteiger partial charge >= 0.3 is 0 Å². The molecule has 0 saturated carbocycles. The Bertz CT molecular complexity index is 604. The molecule has 0 radical (unpaired) electrons. The zero-order valence-electron chi connectivity index (χ0n) is 9.62. The van der Waals surface area contributed by atoms with Crippen molar-refractivity contribution in [2.45, 2.75) is 20.4 Å². The number of hydrogen-bond donors (Lipinski definition) is 1. The maximum Gasteiger partial charge on any atom is 0.122 e. The molecular formula is C12H12BrN3S. The first-order valence-electron chi connectivity index (χ1n) is 5.14. The molecule has 0 fully saturated rings. The number of nitriles is 1. The van der Waals surface area contributed by atoms with Crippen molar-refractivity contribution in [3.63, 3.8) is 0 Å². The summed E-state index contributed by atoms with van der Waals surface area (Å²) in [5, 5.41) is 9.06. The van der Waals surface area contributed by atoms with Crippen LogP contribution >= 0.6 is 27.3 Å². The molecule has 17 heavy (non-hydrogen) atoms. The van der Waals surface area contributed by atoms with E-state index in [1.807, 2.05) is 24.5 Å². The van der Waals surface area contributed by atoms with Crippen LogP contribution in [0.4, 0.5) is 5.82 Å². The highest BCUT2D eigenvalue weighted by Gasteiger charge is 2.15. The van der Waals surface area contributed by atoms with Gasteiger partial charge in [0.1, 0.15) is 11.9 Å². The van der Waals surface area contributed by atoms with Crippen LogP contribution in [0.25, 0.3) is 0 Å². The molecule has 2 heterocycles. The van der Waals surface area contributed by atoms with Crippen molar-refractivity contribution in [3.05, 3.63) is 37.6 Å². The molecule has 88 valence electrons. The molecule has 2 N–H and O–H groups in total. The summed E-state index contributed by atoms with van der Waals surface area (Å²) in [6.45, 7) is 4.65. The third-order valence-corrected chi connectivity index (χ3v) is 4.53. The summed E-state index contributed by atoms with van der Waals surface area (Å²) in [4.78, 5) is 1.21. The van der Waals surface area contributed by atoms with Crippen molar-refractivity contribution in [1.82, 2.24) is 4.57 Å². The average Bonchev–Trinajstić information content (AvgIpc) is 2.78. The molecule has 2 rings (SSSR count). The van der Waals surface area contributed by atoms with Crippen LogP contribution in [0.2, 0.25) is 0 Å². The minimum absolute atomic E-state index is 0.562. The molecule has 0 spiro atoms. The van der Waals surface area contributed by atoms with Gasteiger partial charge in [-0.2, -0.15) is 5.26 Å². The van der Waals surface area contributed by atoms with Crippen LogP contribution in [0.3, 0.4) is 0 Å². The number of nitrogens with two attached hydrogens (primary N) is 1. The van der Waals surface area contributed by atoms with Crippen molar-refractivity contribution in [3.8, 4) is 6.07 Å². The highest BCUT2D eigenvalue weighted by Crippen LogP contribution is 2.28. The largest absolute Gasteiger partial charge is 0.384 e. The Morgan fingerprint density at radius 2 is 2.18 bits per heavy atom. The second kappa shape index (κ2) is 4.55. The second-order valence-corrected chi connectivity index (χ2v) is 6.42. The number of nitrogens with zero attached hydrogens (tertiary/aromatic N) is 2. The number of halogens is 1. The van der Waals surface area contributed by atoms with Gasteiger partial charge < -0.3 is 10.3 Å². The van der Waals surface area contributed by atoms with Crippen molar-refractivity contribution in [2.75, 3.05) is 5.73 Å². The average molecular weight is 310 g/mol. The van der Waals surface area contributed by atoms with Crippen LogP contribution in [-0.2, 0) is 6.54 Å². The van der Waals surface area contributed by atoms with Gasteiger partial charge in [-0.3, -0.25) is 0 Å². The van der Waals surface area contributed by atoms with E-state index < -0.39 is 0 Å². The molecule has 0 saturated heterocycles. The lowest BCUT2D eigenvalue weighted by molar-refractivity contribution is 0.795. The molecular weight excluding hydrogens is 298 g/mol. The molecule has 0 aliphatic rings. The number of rotatable bonds is 2. The predicted molar refractivity (Wildman–Crippen MR) is 74.2 cm³/mol. The van der Waals surface area contributed by atoms with E-state index in [0.717, 1.165) is 21.6 Å². The van der Waals surface area contributed by atoms with Crippen molar-refractivity contribution in [1.29, 1.82) is 5.26 Å². The van der Waals surface area contributed by atoms with E-state index in [9.17, 15) is 0 Å². The van der Waals surface area contributed by atoms with Gasteiger partial charge in [0.05, 0.1) is 15.9 Å². The summed E-state index contributed by atoms with van der Waals surface area (Å²) in [5.74, 6) is 0.562. The van der Waals surface area contributed by atoms with Crippen molar-refractivity contribution < 1.29 is 0 Å². The van der Waals surface area contributed by atoms with E-state index in [-0.39, 0.29) is 0 Å². The maximum absolute atomic E-state index is 9.06. The first kappa shape index (κ1) is 12.2. The number of thiophene rings is 1. The molecule has 2 aromatic rings. The summed E-state index contributed by atoms with van der Waals surface area (Å²) >= 11 is 5.12. The van der Waals surface area contributed by atoms with Crippen LogP contribution in [-0.4, -0.2) is 4.57 Å². The number of nitrogen functional groups attached to an aromatic ring is 1. The Morgan fingerprint density at radius 3 is 2.65 bits per heavy atom. The Morgan fingerprint density at radius 1 is 1.47 bits per heavy atom. The van der Waals surface area contributed by atoms with Gasteiger partial charge in [0, 0.05) is 10.6 Å². The van der Waals surface area contributed by atoms with E-state index in [0.29, 0.717) is 11.4 Å². The highest BCUT2D eigenvalue weighted by molar-refractivity contribution is 9.11. The van der Waals surface area contributed by atoms with Gasteiger partial charge in [-0.15, -0.1) is 11.3 Å². The summed E-state index contributed by atoms with van der Waals surface area (Å²) in [5.41, 5.74) is 8.63. The molecule has 0 amide bonds. The standard InChI is InChI=1S/C12H12BrN3S/c1-7-8(2)16(12(15)10(7)5-14)6-9-3-4-11(13)17-9/h3-4H,6,15H2,1-2H3. The summed E-state index contributed by atoms with van der Waals surface area (Å²) in [7, 11) is 0. The molecule has 0 aromatic carbocycles. The Kier molecular flexibility index (Phi) is 3.27. The maximum atomic E-state index is 9.06. The van der Waals surface area contributed by atoms with Gasteiger partial charge in [0.25, 0.3) is 0 Å². The molecule has 5 heteroatoms. The Balaban J connectivity index is 2.44. The van der Waals surface area contributed by atoms with E-state index >= 15 is 0 Å². The Hall–Kier alpha value is -1.25. The van der Waals surface area contributed by atoms with Crippen LogP contribution < -0.4 is 5.73 Å². The third kappa shape index (κ3) is 2.11. The van der Waals surface area contributed by atoms with E-state index in [1.165, 1.54) is 4.88 Å². The zero-order chi connectivity index (χ0) is 12.6. The van der Waals surface area contributed by atoms with E-state index in [2.05, 4.69) is 28.1 Å². The molecule has 3 nitrogen and oxygen atoms in total. The summed E-state index contributed by atoms with van der Waals surface area (Å²) in [6, 6.07) is 6.25. The first-order valence-corrected chi connectivity index (χ1v) is 6.75. The minimum Gasteiger partial charge on any atom is -0.384 e. The monoisotopic (exact) mass is 309 g/mol. The highest BCUT2D eigenvalue weighted by atomic mass is 79.9. The molecule has 2 aromatic heterocycles. The van der Waals surface area contributed by atoms with Crippen LogP contribution in [0.1, 0.15) is 21.7 Å². The molecule has 0 aliphatic carbocycles. The number of anilines is 1. The molecule has 0 unspecified atom stereocenters. The SMILES string of the molecule is Cc1c(C#N)c(N)n(Cc2ccc(Br)s2)c1C. The van der Waals surface area contributed by atoms with Crippen LogP contribution in [0, 0.1) is 25.2 Å². The summed E-state index contributed by atoms with van der Waals surface area (Å²) in [6.07, 6.45) is 0. The summed E-state index contributed by atoms with van der Waals surface area (Å²) < 4.78 is 3.10.